The Hall–Kier alpha value is -6.60. The molecule has 30 nitrogen and oxygen atoms in total. The van der Waals surface area contributed by atoms with Gasteiger partial charge in [0, 0.05) is 6.42 Å². The highest BCUT2D eigenvalue weighted by atomic mass is 16.2. The average molecular weight is 1440 g/mol. The van der Waals surface area contributed by atoms with Gasteiger partial charge in [-0.25, -0.2) is 0 Å². The highest BCUT2D eigenvalue weighted by Crippen LogP contribution is 2.17. The summed E-state index contributed by atoms with van der Waals surface area (Å²) in [5, 5.41) is 30.9. The van der Waals surface area contributed by atoms with E-state index in [9.17, 15) is 57.5 Å². The van der Waals surface area contributed by atoms with E-state index in [1.54, 1.807) is 0 Å². The summed E-state index contributed by atoms with van der Waals surface area (Å²) in [7, 11) is 0. The zero-order chi connectivity index (χ0) is 76.6. The molecule has 0 unspecified atom stereocenters. The summed E-state index contributed by atoms with van der Waals surface area (Å²) in [6.45, 7) is 22.4. The molecular formula is C71H138N18O12. The molecular weight excluding hydrogens is 1300 g/mol. The van der Waals surface area contributed by atoms with Crippen LogP contribution in [0.1, 0.15) is 243 Å². The molecule has 0 fully saturated rings. The van der Waals surface area contributed by atoms with Crippen molar-refractivity contribution in [2.75, 3.05) is 39.3 Å². The van der Waals surface area contributed by atoms with Crippen LogP contribution >= 0.6 is 0 Å². The summed E-state index contributed by atoms with van der Waals surface area (Å²) >= 11 is 0. The number of primary amides is 1. The minimum atomic E-state index is -1.27. The third-order valence-electron chi connectivity index (χ3n) is 17.0. The van der Waals surface area contributed by atoms with Gasteiger partial charge in [-0.3, -0.25) is 57.5 Å². The normalized spacial score (nSPS) is 14.8. The fourth-order valence-electron chi connectivity index (χ4n) is 11.4. The summed E-state index contributed by atoms with van der Waals surface area (Å²) in [4.78, 5) is 169. The van der Waals surface area contributed by atoms with E-state index in [4.69, 9.17) is 40.1 Å². The van der Waals surface area contributed by atoms with E-state index in [0.717, 1.165) is 6.42 Å². The lowest BCUT2D eigenvalue weighted by Gasteiger charge is -2.29. The maximum Gasteiger partial charge on any atom is 0.243 e. The second-order valence-electron chi connectivity index (χ2n) is 29.1. The molecule has 12 amide bonds. The fourth-order valence-corrected chi connectivity index (χ4v) is 11.4. The molecule has 0 saturated carbocycles. The van der Waals surface area contributed by atoms with Crippen molar-refractivity contribution in [3.05, 3.63) is 0 Å². The summed E-state index contributed by atoms with van der Waals surface area (Å²) in [6.07, 6.45) is 8.71. The summed E-state index contributed by atoms with van der Waals surface area (Å²) < 4.78 is 0. The van der Waals surface area contributed by atoms with E-state index in [-0.39, 0.29) is 119 Å². The first-order valence-corrected chi connectivity index (χ1v) is 37.7. The monoisotopic (exact) mass is 1440 g/mol. The summed E-state index contributed by atoms with van der Waals surface area (Å²) in [6, 6.07) is -12.8. The van der Waals surface area contributed by atoms with Gasteiger partial charge in [0.25, 0.3) is 0 Å². The standard InChI is InChI=1S/C71H138N18O12/c1-12-13-32-60(90)79-56(40-45(4)5)68(98)83-49(26-14-20-33-72)62(92)81-54(31-19-25-38-77)67(97)88-59(43-48(10)11)71(101)89-58(42-47(8)9)70(100)85-51(28-16-22-35-74)64(94)82-53(30-18-24-37-76)66(96)87-57(41-46(6)7)69(99)84-50(27-15-21-34-73)63(93)80-52(29-17-23-36-75)65(95)86-55(61(78)91)39-44(2)3/h44-59H,12-43,72-77H2,1-11H3,(H2,78,91)(H,79,90)(H,80,93)(H,81,92)(H,82,94)(H,83,98)(H,84,99)(H,85,100)(H,86,95)(H,87,96)(H,88,97)(H,89,101)/t49-,50-,51-,52-,53-,54-,55-,56-,57-,58-,59-/m0/s1. The maximum atomic E-state index is 14.7. The number of rotatable bonds is 59. The Morgan fingerprint density at radius 2 is 0.406 bits per heavy atom. The maximum absolute atomic E-state index is 14.7. The molecule has 0 heterocycles. The van der Waals surface area contributed by atoms with Crippen molar-refractivity contribution in [1.29, 1.82) is 0 Å². The van der Waals surface area contributed by atoms with Gasteiger partial charge in [0.2, 0.25) is 70.9 Å². The number of nitrogens with two attached hydrogens (primary N) is 7. The molecule has 0 aromatic rings. The van der Waals surface area contributed by atoms with E-state index in [2.05, 4.69) is 58.5 Å². The highest BCUT2D eigenvalue weighted by molar-refractivity contribution is 5.99. The van der Waals surface area contributed by atoms with Crippen LogP contribution in [0.3, 0.4) is 0 Å². The van der Waals surface area contributed by atoms with Crippen LogP contribution in [0.5, 0.6) is 0 Å². The van der Waals surface area contributed by atoms with Crippen LogP contribution in [0, 0.1) is 29.6 Å². The molecule has 0 saturated heterocycles. The zero-order valence-corrected chi connectivity index (χ0v) is 63.3. The lowest BCUT2D eigenvalue weighted by molar-refractivity contribution is -0.136. The summed E-state index contributed by atoms with van der Waals surface area (Å²) in [5.74, 6) is -8.40. The molecule has 0 aliphatic carbocycles. The van der Waals surface area contributed by atoms with Gasteiger partial charge >= 0.3 is 0 Å². The van der Waals surface area contributed by atoms with Gasteiger partial charge in [-0.1, -0.05) is 82.6 Å². The minimum Gasteiger partial charge on any atom is -0.368 e. The number of hydrogen-bond donors (Lipinski definition) is 18. The van der Waals surface area contributed by atoms with Crippen LogP contribution in [0.15, 0.2) is 0 Å². The predicted molar refractivity (Wildman–Crippen MR) is 395 cm³/mol. The Bertz CT molecular complexity index is 2460. The number of amides is 12. The van der Waals surface area contributed by atoms with Gasteiger partial charge in [-0.05, 0) is 223 Å². The van der Waals surface area contributed by atoms with Crippen LogP contribution in [0.25, 0.3) is 0 Å². The van der Waals surface area contributed by atoms with Crippen LogP contribution in [0.4, 0.5) is 0 Å². The lowest BCUT2D eigenvalue weighted by Crippen LogP contribution is -2.61. The molecule has 0 bridgehead atoms. The first kappa shape index (κ1) is 94.4. The minimum absolute atomic E-state index is 0.00436. The topological polar surface area (TPSA) is 519 Å². The second kappa shape index (κ2) is 55.0. The predicted octanol–water partition coefficient (Wildman–Crippen LogP) is 0.999. The Morgan fingerprint density at radius 3 is 0.584 bits per heavy atom. The van der Waals surface area contributed by atoms with Crippen molar-refractivity contribution >= 4 is 70.9 Å². The van der Waals surface area contributed by atoms with Crippen molar-refractivity contribution < 1.29 is 57.5 Å². The van der Waals surface area contributed by atoms with Crippen LogP contribution in [0.2, 0.25) is 0 Å². The Balaban J connectivity index is 7.21. The van der Waals surface area contributed by atoms with Gasteiger partial charge < -0.3 is 98.6 Å². The molecule has 584 valence electrons. The Kier molecular flexibility index (Phi) is 51.4. The molecule has 11 atom stereocenters. The van der Waals surface area contributed by atoms with Gasteiger partial charge in [-0.2, -0.15) is 0 Å². The van der Waals surface area contributed by atoms with E-state index in [0.29, 0.717) is 116 Å². The molecule has 0 radical (unpaired) electrons. The smallest absolute Gasteiger partial charge is 0.243 e. The lowest BCUT2D eigenvalue weighted by atomic mass is 9.98. The average Bonchev–Trinajstić information content (AvgIpc) is 0.862. The van der Waals surface area contributed by atoms with Crippen molar-refractivity contribution in [1.82, 2.24) is 58.5 Å². The molecule has 0 rings (SSSR count). The SMILES string of the molecule is CCCCC(=O)N[C@@H](CC(C)C)C(=O)N[C@@H](CCCCN)C(=O)N[C@@H](CCCCN)C(=O)N[C@@H](CC(C)C)C(=O)N[C@@H](CC(C)C)C(=O)N[C@@H](CCCCN)C(=O)N[C@@H](CCCCN)C(=O)N[C@@H](CC(C)C)C(=O)N[C@@H](CCCCN)C(=O)N[C@@H](CCCCN)C(=O)N[C@@H](CC(C)C)C(N)=O. The quantitative estimate of drug-likeness (QED) is 0.0378. The Labute approximate surface area is 603 Å². The van der Waals surface area contributed by atoms with E-state index >= 15 is 0 Å². The third-order valence-corrected chi connectivity index (χ3v) is 17.0. The molecule has 0 spiro atoms. The molecule has 30 heteroatoms. The van der Waals surface area contributed by atoms with E-state index in [1.165, 1.54) is 0 Å². The number of nitrogens with one attached hydrogen (secondary N) is 11. The van der Waals surface area contributed by atoms with Crippen molar-refractivity contribution in [3.63, 3.8) is 0 Å². The third kappa shape index (κ3) is 42.6. The first-order chi connectivity index (χ1) is 47.8. The molecule has 0 aromatic carbocycles. The zero-order valence-electron chi connectivity index (χ0n) is 63.3. The van der Waals surface area contributed by atoms with Crippen molar-refractivity contribution in [2.24, 2.45) is 69.7 Å². The van der Waals surface area contributed by atoms with Crippen LogP contribution in [-0.4, -0.2) is 177 Å². The number of carbonyl (C=O) groups is 12. The number of hydrogen-bond acceptors (Lipinski definition) is 18. The summed E-state index contributed by atoms with van der Waals surface area (Å²) in [5.41, 5.74) is 40.7. The number of unbranched alkanes of at least 4 members (excludes halogenated alkanes) is 7. The van der Waals surface area contributed by atoms with Crippen LogP contribution in [-0.2, 0) is 57.5 Å². The van der Waals surface area contributed by atoms with Crippen LogP contribution < -0.4 is 98.6 Å². The van der Waals surface area contributed by atoms with Crippen molar-refractivity contribution in [2.45, 2.75) is 310 Å². The van der Waals surface area contributed by atoms with Gasteiger partial charge in [-0.15, -0.1) is 0 Å². The van der Waals surface area contributed by atoms with E-state index in [1.807, 2.05) is 76.2 Å². The molecule has 0 aliphatic rings. The number of carbonyl (C=O) groups excluding carboxylic acids is 12. The largest absolute Gasteiger partial charge is 0.368 e. The van der Waals surface area contributed by atoms with Gasteiger partial charge in [0.15, 0.2) is 0 Å². The van der Waals surface area contributed by atoms with Crippen molar-refractivity contribution in [3.8, 4) is 0 Å². The molecule has 101 heavy (non-hydrogen) atoms. The molecule has 0 aliphatic heterocycles. The molecule has 0 aromatic heterocycles. The van der Waals surface area contributed by atoms with Gasteiger partial charge in [0.1, 0.15) is 66.5 Å². The molecule has 25 N–H and O–H groups in total. The van der Waals surface area contributed by atoms with E-state index < -0.39 is 131 Å². The second-order valence-corrected chi connectivity index (χ2v) is 29.1. The fraction of sp³-hybridized carbons (Fsp3) is 0.831. The highest BCUT2D eigenvalue weighted by Gasteiger charge is 2.37. The Morgan fingerprint density at radius 1 is 0.238 bits per heavy atom. The van der Waals surface area contributed by atoms with Gasteiger partial charge in [0.05, 0.1) is 0 Å². The first-order valence-electron chi connectivity index (χ1n) is 37.7.